The smallest absolute Gasteiger partial charge is 0.248 e. The van der Waals surface area contributed by atoms with Crippen LogP contribution < -0.4 is 5.73 Å². The molecule has 2 amide bonds. The first kappa shape index (κ1) is 17.1. The zero-order chi connectivity index (χ0) is 17.8. The lowest BCUT2D eigenvalue weighted by Crippen LogP contribution is -2.45. The van der Waals surface area contributed by atoms with Crippen LogP contribution in [-0.2, 0) is 11.3 Å². The largest absolute Gasteiger partial charge is 0.366 e. The summed E-state index contributed by atoms with van der Waals surface area (Å²) in [5.74, 6) is -0.0464. The molecule has 1 aromatic carbocycles. The van der Waals surface area contributed by atoms with Gasteiger partial charge in [0, 0.05) is 23.7 Å². The number of nitrogens with two attached hydrogens (primary N) is 1. The second-order valence-electron chi connectivity index (χ2n) is 6.23. The summed E-state index contributed by atoms with van der Waals surface area (Å²) in [4.78, 5) is 26.9. The van der Waals surface area contributed by atoms with Crippen molar-refractivity contribution in [3.05, 3.63) is 29.8 Å². The Morgan fingerprint density at radius 3 is 2.68 bits per heavy atom. The topological polar surface area (TPSA) is 107 Å². The average Bonchev–Trinajstić information content (AvgIpc) is 3.10. The molecule has 25 heavy (non-hydrogen) atoms. The number of aromatic nitrogens is 4. The number of primary amides is 1. The van der Waals surface area contributed by atoms with Crippen molar-refractivity contribution in [3.63, 3.8) is 0 Å². The van der Waals surface area contributed by atoms with Gasteiger partial charge in [0.25, 0.3) is 0 Å². The van der Waals surface area contributed by atoms with Crippen molar-refractivity contribution in [2.24, 2.45) is 5.73 Å². The highest BCUT2D eigenvalue weighted by Gasteiger charge is 2.25. The van der Waals surface area contributed by atoms with E-state index in [4.69, 9.17) is 5.73 Å². The number of likely N-dealkylation sites (tertiary alicyclic amines) is 1. The molecule has 0 radical (unpaired) electrons. The van der Waals surface area contributed by atoms with Gasteiger partial charge in [0.2, 0.25) is 17.6 Å². The van der Waals surface area contributed by atoms with Crippen molar-refractivity contribution in [2.75, 3.05) is 6.54 Å². The first-order chi connectivity index (χ1) is 12.1. The van der Waals surface area contributed by atoms with Crippen LogP contribution in [0.2, 0.25) is 0 Å². The van der Waals surface area contributed by atoms with Crippen molar-refractivity contribution in [1.29, 1.82) is 0 Å². The molecule has 0 aliphatic carbocycles. The van der Waals surface area contributed by atoms with Crippen LogP contribution in [-0.4, -0.2) is 49.5 Å². The van der Waals surface area contributed by atoms with Crippen molar-refractivity contribution in [2.45, 2.75) is 45.2 Å². The number of tetrazole rings is 1. The normalized spacial score (nSPS) is 17.5. The Morgan fingerprint density at radius 2 is 2.00 bits per heavy atom. The molecule has 1 saturated heterocycles. The number of hydrogen-bond donors (Lipinski definition) is 1. The minimum Gasteiger partial charge on any atom is -0.366 e. The summed E-state index contributed by atoms with van der Waals surface area (Å²) in [5, 5.41) is 12.2. The van der Waals surface area contributed by atoms with Crippen molar-refractivity contribution in [1.82, 2.24) is 25.1 Å². The molecule has 1 aromatic heterocycles. The molecule has 1 aliphatic rings. The van der Waals surface area contributed by atoms with Gasteiger partial charge in [-0.05, 0) is 43.0 Å². The van der Waals surface area contributed by atoms with E-state index in [1.165, 1.54) is 11.2 Å². The Kier molecular flexibility index (Phi) is 5.06. The molecule has 0 spiro atoms. The zero-order valence-corrected chi connectivity index (χ0v) is 14.3. The minimum absolute atomic E-state index is 0.0274. The van der Waals surface area contributed by atoms with E-state index in [2.05, 4.69) is 22.3 Å². The van der Waals surface area contributed by atoms with E-state index in [1.54, 1.807) is 24.3 Å². The summed E-state index contributed by atoms with van der Waals surface area (Å²) in [7, 11) is 0. The van der Waals surface area contributed by atoms with Gasteiger partial charge in [-0.3, -0.25) is 9.59 Å². The Hall–Kier alpha value is -2.77. The Bertz CT molecular complexity index is 755. The first-order valence-corrected chi connectivity index (χ1v) is 8.56. The van der Waals surface area contributed by atoms with Gasteiger partial charge < -0.3 is 10.6 Å². The predicted octanol–water partition coefficient (Wildman–Crippen LogP) is 1.23. The summed E-state index contributed by atoms with van der Waals surface area (Å²) in [5.41, 5.74) is 6.36. The van der Waals surface area contributed by atoms with Gasteiger partial charge >= 0.3 is 0 Å². The van der Waals surface area contributed by atoms with Crippen LogP contribution in [0.1, 0.15) is 43.0 Å². The highest BCUT2D eigenvalue weighted by molar-refractivity contribution is 5.93. The van der Waals surface area contributed by atoms with Crippen LogP contribution in [0.15, 0.2) is 24.3 Å². The maximum absolute atomic E-state index is 12.5. The Balaban J connectivity index is 1.68. The van der Waals surface area contributed by atoms with E-state index in [9.17, 15) is 9.59 Å². The fourth-order valence-electron chi connectivity index (χ4n) is 3.17. The molecular weight excluding hydrogens is 320 g/mol. The van der Waals surface area contributed by atoms with E-state index in [-0.39, 0.29) is 12.5 Å². The first-order valence-electron chi connectivity index (χ1n) is 8.56. The molecule has 0 unspecified atom stereocenters. The highest BCUT2D eigenvalue weighted by Crippen LogP contribution is 2.20. The van der Waals surface area contributed by atoms with Crippen LogP contribution in [0.5, 0.6) is 0 Å². The number of nitrogens with zero attached hydrogens (tertiary/aromatic N) is 5. The lowest BCUT2D eigenvalue weighted by molar-refractivity contribution is -0.136. The number of amides is 2. The molecule has 0 saturated carbocycles. The van der Waals surface area contributed by atoms with Crippen LogP contribution in [0, 0.1) is 0 Å². The Morgan fingerprint density at radius 1 is 1.24 bits per heavy atom. The van der Waals surface area contributed by atoms with Gasteiger partial charge in [0.1, 0.15) is 6.54 Å². The van der Waals surface area contributed by atoms with Gasteiger partial charge in [-0.15, -0.1) is 10.2 Å². The molecular formula is C17H22N6O2. The number of carbonyl (C=O) groups is 2. The summed E-state index contributed by atoms with van der Waals surface area (Å²) in [6, 6.07) is 6.96. The molecule has 2 N–H and O–H groups in total. The third-order valence-electron chi connectivity index (χ3n) is 4.58. The van der Waals surface area contributed by atoms with Gasteiger partial charge in [-0.1, -0.05) is 19.1 Å². The van der Waals surface area contributed by atoms with Gasteiger partial charge in [-0.25, -0.2) is 0 Å². The van der Waals surface area contributed by atoms with Crippen molar-refractivity contribution in [3.8, 4) is 11.4 Å². The summed E-state index contributed by atoms with van der Waals surface area (Å²) in [6.45, 7) is 2.99. The molecule has 2 heterocycles. The van der Waals surface area contributed by atoms with Crippen LogP contribution >= 0.6 is 0 Å². The number of carbonyl (C=O) groups excluding carboxylic acids is 2. The maximum Gasteiger partial charge on any atom is 0.248 e. The maximum atomic E-state index is 12.5. The predicted molar refractivity (Wildman–Crippen MR) is 91.4 cm³/mol. The molecule has 1 fully saturated rings. The van der Waals surface area contributed by atoms with Crippen LogP contribution in [0.25, 0.3) is 11.4 Å². The summed E-state index contributed by atoms with van der Waals surface area (Å²) < 4.78 is 0. The molecule has 132 valence electrons. The van der Waals surface area contributed by atoms with Crippen molar-refractivity contribution >= 4 is 11.8 Å². The van der Waals surface area contributed by atoms with E-state index in [1.807, 2.05) is 4.90 Å². The molecule has 1 atom stereocenters. The van der Waals surface area contributed by atoms with E-state index < -0.39 is 5.91 Å². The van der Waals surface area contributed by atoms with E-state index >= 15 is 0 Å². The monoisotopic (exact) mass is 342 g/mol. The molecule has 0 bridgehead atoms. The average molecular weight is 342 g/mol. The second-order valence-corrected chi connectivity index (χ2v) is 6.23. The Labute approximate surface area is 146 Å². The van der Waals surface area contributed by atoms with Gasteiger partial charge in [-0.2, -0.15) is 4.80 Å². The second kappa shape index (κ2) is 7.42. The number of rotatable bonds is 5. The quantitative estimate of drug-likeness (QED) is 0.879. The molecule has 8 heteroatoms. The zero-order valence-electron chi connectivity index (χ0n) is 14.3. The lowest BCUT2D eigenvalue weighted by atomic mass is 10.00. The molecule has 8 nitrogen and oxygen atoms in total. The third-order valence-corrected chi connectivity index (χ3v) is 4.58. The standard InChI is InChI=1S/C17H22N6O2/c1-2-14-5-3-4-10-22(14)15(24)11-23-20-17(19-21-23)13-8-6-12(7-9-13)16(18)25/h6-9,14H,2-5,10-11H2,1H3,(H2,18,25)/t14-/m1/s1. The van der Waals surface area contributed by atoms with Crippen molar-refractivity contribution < 1.29 is 9.59 Å². The van der Waals surface area contributed by atoms with E-state index in [0.29, 0.717) is 23.0 Å². The van der Waals surface area contributed by atoms with Gasteiger partial charge in [0.05, 0.1) is 0 Å². The molecule has 1 aliphatic heterocycles. The van der Waals surface area contributed by atoms with Gasteiger partial charge in [0.15, 0.2) is 0 Å². The third kappa shape index (κ3) is 3.84. The fourth-order valence-corrected chi connectivity index (χ4v) is 3.17. The number of benzene rings is 1. The molecule has 3 rings (SSSR count). The highest BCUT2D eigenvalue weighted by atomic mass is 16.2. The van der Waals surface area contributed by atoms with E-state index in [0.717, 1.165) is 25.8 Å². The summed E-state index contributed by atoms with van der Waals surface area (Å²) >= 11 is 0. The summed E-state index contributed by atoms with van der Waals surface area (Å²) in [6.07, 6.45) is 4.25. The lowest BCUT2D eigenvalue weighted by Gasteiger charge is -2.35. The molecule has 2 aromatic rings. The number of piperidine rings is 1. The fraction of sp³-hybridized carbons (Fsp3) is 0.471. The minimum atomic E-state index is -0.485. The SMILES string of the molecule is CC[C@@H]1CCCCN1C(=O)Cn1nnc(-c2ccc(C(N)=O)cc2)n1. The number of hydrogen-bond acceptors (Lipinski definition) is 5. The van der Waals surface area contributed by atoms with Crippen LogP contribution in [0.4, 0.5) is 0 Å². The van der Waals surface area contributed by atoms with Crippen LogP contribution in [0.3, 0.4) is 0 Å².